The van der Waals surface area contributed by atoms with Crippen LogP contribution in [0.25, 0.3) is 0 Å². The maximum absolute atomic E-state index is 6.11. The Labute approximate surface area is 153 Å². The quantitative estimate of drug-likeness (QED) is 0.638. The third-order valence-electron chi connectivity index (χ3n) is 3.58. The van der Waals surface area contributed by atoms with Crippen molar-refractivity contribution in [2.75, 3.05) is 18.5 Å². The Morgan fingerprint density at radius 2 is 1.87 bits per heavy atom. The van der Waals surface area contributed by atoms with E-state index in [0.29, 0.717) is 34.3 Å². The summed E-state index contributed by atoms with van der Waals surface area (Å²) in [5.74, 6) is -0.181. The first-order valence-corrected chi connectivity index (χ1v) is 9.02. The summed E-state index contributed by atoms with van der Waals surface area (Å²) in [6, 6.07) is 14.8. The van der Waals surface area contributed by atoms with Gasteiger partial charge in [-0.25, -0.2) is 0 Å². The lowest BCUT2D eigenvalue weighted by atomic mass is 10.1. The van der Waals surface area contributed by atoms with Gasteiger partial charge in [-0.1, -0.05) is 63.4 Å². The van der Waals surface area contributed by atoms with Gasteiger partial charge in [-0.15, -0.1) is 0 Å². The molecule has 2 aromatic carbocycles. The van der Waals surface area contributed by atoms with Crippen LogP contribution in [0.3, 0.4) is 0 Å². The van der Waals surface area contributed by atoms with Crippen LogP contribution in [0.5, 0.6) is 5.75 Å². The van der Waals surface area contributed by atoms with Gasteiger partial charge >= 0.3 is 0 Å². The molecule has 0 saturated carbocycles. The zero-order chi connectivity index (χ0) is 16.3. The van der Waals surface area contributed by atoms with E-state index in [-0.39, 0.29) is 6.10 Å². The molecule has 0 bridgehead atoms. The number of benzene rings is 2. The van der Waals surface area contributed by atoms with Crippen LogP contribution in [0.2, 0.25) is 10.0 Å². The summed E-state index contributed by atoms with van der Waals surface area (Å²) in [7, 11) is 0. The second-order valence-electron chi connectivity index (χ2n) is 5.19. The lowest BCUT2D eigenvalue weighted by molar-refractivity contribution is -0.159. The minimum Gasteiger partial charge on any atom is -0.489 e. The number of hydrogen-bond acceptors (Lipinski definition) is 3. The smallest absolute Gasteiger partial charge is 0.205 e. The zero-order valence-electron chi connectivity index (χ0n) is 12.2. The first-order chi connectivity index (χ1) is 11.1. The summed E-state index contributed by atoms with van der Waals surface area (Å²) < 4.78 is 17.8. The third kappa shape index (κ3) is 3.83. The zero-order valence-corrected chi connectivity index (χ0v) is 15.3. The number of rotatable bonds is 5. The van der Waals surface area contributed by atoms with Crippen LogP contribution in [0.1, 0.15) is 5.56 Å². The average Bonchev–Trinajstić information content (AvgIpc) is 3.00. The molecule has 0 radical (unpaired) electrons. The van der Waals surface area contributed by atoms with Crippen LogP contribution in [-0.4, -0.2) is 24.6 Å². The van der Waals surface area contributed by atoms with Gasteiger partial charge in [0.15, 0.2) is 0 Å². The van der Waals surface area contributed by atoms with Gasteiger partial charge in [0, 0.05) is 10.6 Å². The molecule has 0 N–H and O–H groups in total. The van der Waals surface area contributed by atoms with Crippen LogP contribution in [0.15, 0.2) is 48.5 Å². The number of halogens is 3. The molecule has 1 heterocycles. The normalized spacial score (nSPS) is 23.9. The first kappa shape index (κ1) is 17.1. The topological polar surface area (TPSA) is 27.7 Å². The van der Waals surface area contributed by atoms with E-state index in [9.17, 15) is 0 Å². The largest absolute Gasteiger partial charge is 0.489 e. The second kappa shape index (κ2) is 7.41. The summed E-state index contributed by atoms with van der Waals surface area (Å²) in [5.41, 5.74) is 0.916. The average molecular weight is 418 g/mol. The molecule has 122 valence electrons. The van der Waals surface area contributed by atoms with Crippen LogP contribution in [-0.2, 0) is 15.3 Å². The van der Waals surface area contributed by atoms with Crippen molar-refractivity contribution in [3.63, 3.8) is 0 Å². The minimum absolute atomic E-state index is 0.181. The van der Waals surface area contributed by atoms with Crippen molar-refractivity contribution < 1.29 is 14.2 Å². The van der Waals surface area contributed by atoms with Gasteiger partial charge in [-0.3, -0.25) is 0 Å². The number of para-hydroxylation sites is 1. The van der Waals surface area contributed by atoms with Crippen molar-refractivity contribution in [3.05, 3.63) is 64.1 Å². The Morgan fingerprint density at radius 1 is 1.13 bits per heavy atom. The number of alkyl halides is 1. The second-order valence-corrected chi connectivity index (χ2v) is 6.59. The molecule has 2 unspecified atom stereocenters. The lowest BCUT2D eigenvalue weighted by Crippen LogP contribution is -2.31. The molecule has 2 atom stereocenters. The highest BCUT2D eigenvalue weighted by Gasteiger charge is 2.42. The van der Waals surface area contributed by atoms with Gasteiger partial charge in [-0.2, -0.15) is 0 Å². The lowest BCUT2D eigenvalue weighted by Gasteiger charge is -2.26. The monoisotopic (exact) mass is 416 g/mol. The van der Waals surface area contributed by atoms with Gasteiger partial charge in [-0.05, 0) is 24.3 Å². The van der Waals surface area contributed by atoms with Crippen molar-refractivity contribution in [3.8, 4) is 5.75 Å². The predicted octanol–water partition coefficient (Wildman–Crippen LogP) is 5.04. The molecule has 1 aliphatic rings. The van der Waals surface area contributed by atoms with E-state index < -0.39 is 5.79 Å². The van der Waals surface area contributed by atoms with Gasteiger partial charge in [0.05, 0.1) is 17.0 Å². The fraction of sp³-hybridized carbons (Fsp3) is 0.294. The van der Waals surface area contributed by atoms with E-state index in [1.54, 1.807) is 6.07 Å². The molecular formula is C17H15BrCl2O3. The molecular weight excluding hydrogens is 403 g/mol. The van der Waals surface area contributed by atoms with Crippen molar-refractivity contribution >= 4 is 39.1 Å². The fourth-order valence-electron chi connectivity index (χ4n) is 2.39. The van der Waals surface area contributed by atoms with Gasteiger partial charge in [0.1, 0.15) is 18.5 Å². The summed E-state index contributed by atoms with van der Waals surface area (Å²) in [5, 5.41) is 1.77. The van der Waals surface area contributed by atoms with Crippen molar-refractivity contribution in [2.24, 2.45) is 0 Å². The minimum atomic E-state index is -0.820. The van der Waals surface area contributed by atoms with Gasteiger partial charge in [0.25, 0.3) is 0 Å². The molecule has 0 aliphatic carbocycles. The van der Waals surface area contributed by atoms with E-state index in [1.165, 1.54) is 0 Å². The third-order valence-corrected chi connectivity index (χ3v) is 4.88. The SMILES string of the molecule is Clc1ccc(C2(CBr)OCC(COc3ccccc3Cl)O2)cc1. The molecule has 1 aliphatic heterocycles. The molecule has 1 fully saturated rings. The molecule has 3 rings (SSSR count). The van der Waals surface area contributed by atoms with Gasteiger partial charge < -0.3 is 14.2 Å². The Morgan fingerprint density at radius 3 is 2.57 bits per heavy atom. The standard InChI is InChI=1S/C17H15BrCl2O3/c18-11-17(12-5-7-13(19)8-6-12)22-10-14(23-17)9-21-16-4-2-1-3-15(16)20/h1-8,14H,9-11H2. The van der Waals surface area contributed by atoms with E-state index in [4.69, 9.17) is 37.4 Å². The molecule has 3 nitrogen and oxygen atoms in total. The van der Waals surface area contributed by atoms with Crippen LogP contribution < -0.4 is 4.74 Å². The van der Waals surface area contributed by atoms with Crippen LogP contribution in [0, 0.1) is 0 Å². The van der Waals surface area contributed by atoms with E-state index in [0.717, 1.165) is 5.56 Å². The molecule has 23 heavy (non-hydrogen) atoms. The van der Waals surface area contributed by atoms with Crippen LogP contribution in [0.4, 0.5) is 0 Å². The molecule has 2 aromatic rings. The summed E-state index contributed by atoms with van der Waals surface area (Å²) in [6.07, 6.45) is -0.181. The molecule has 1 saturated heterocycles. The highest BCUT2D eigenvalue weighted by atomic mass is 79.9. The summed E-state index contributed by atoms with van der Waals surface area (Å²) in [6.45, 7) is 0.810. The van der Waals surface area contributed by atoms with E-state index in [2.05, 4.69) is 15.9 Å². The highest BCUT2D eigenvalue weighted by Crippen LogP contribution is 2.37. The molecule has 6 heteroatoms. The summed E-state index contributed by atoms with van der Waals surface area (Å²) in [4.78, 5) is 0. The summed E-state index contributed by atoms with van der Waals surface area (Å²) >= 11 is 15.5. The van der Waals surface area contributed by atoms with Crippen molar-refractivity contribution in [1.29, 1.82) is 0 Å². The Kier molecular flexibility index (Phi) is 5.49. The maximum atomic E-state index is 6.11. The van der Waals surface area contributed by atoms with Crippen LogP contribution >= 0.6 is 39.1 Å². The molecule has 0 amide bonds. The Balaban J connectivity index is 1.66. The van der Waals surface area contributed by atoms with Crippen molar-refractivity contribution in [2.45, 2.75) is 11.9 Å². The fourth-order valence-corrected chi connectivity index (χ4v) is 3.33. The number of hydrogen-bond donors (Lipinski definition) is 0. The van der Waals surface area contributed by atoms with E-state index >= 15 is 0 Å². The Bertz CT molecular complexity index is 665. The van der Waals surface area contributed by atoms with Crippen molar-refractivity contribution in [1.82, 2.24) is 0 Å². The highest BCUT2D eigenvalue weighted by molar-refractivity contribution is 9.09. The number of ether oxygens (including phenoxy) is 3. The first-order valence-electron chi connectivity index (χ1n) is 7.14. The van der Waals surface area contributed by atoms with Gasteiger partial charge in [0.2, 0.25) is 5.79 Å². The van der Waals surface area contributed by atoms with E-state index in [1.807, 2.05) is 42.5 Å². The molecule has 0 spiro atoms. The predicted molar refractivity (Wildman–Crippen MR) is 94.7 cm³/mol. The maximum Gasteiger partial charge on any atom is 0.205 e. The Hall–Kier alpha value is -0.780. The molecule has 0 aromatic heterocycles.